The monoisotopic (exact) mass is 394 g/mol. The number of benzene rings is 2. The lowest BCUT2D eigenvalue weighted by Crippen LogP contribution is -2.48. The minimum atomic E-state index is -0.291. The lowest BCUT2D eigenvalue weighted by Gasteiger charge is -2.38. The molecular formula is C22H27FN6. The Kier molecular flexibility index (Phi) is 6.27. The third-order valence-electron chi connectivity index (χ3n) is 5.68. The molecule has 1 fully saturated rings. The zero-order chi connectivity index (χ0) is 20.1. The van der Waals surface area contributed by atoms with Gasteiger partial charge in [-0.2, -0.15) is 0 Å². The average molecular weight is 394 g/mol. The van der Waals surface area contributed by atoms with E-state index in [1.54, 1.807) is 6.07 Å². The molecular weight excluding hydrogens is 367 g/mol. The lowest BCUT2D eigenvalue weighted by atomic mass is 10.0. The maximum atomic E-state index is 14.8. The molecule has 1 saturated heterocycles. The molecule has 4 rings (SSSR count). The number of piperazine rings is 1. The van der Waals surface area contributed by atoms with E-state index < -0.39 is 0 Å². The van der Waals surface area contributed by atoms with Gasteiger partial charge in [-0.1, -0.05) is 55.5 Å². The van der Waals surface area contributed by atoms with E-state index in [2.05, 4.69) is 44.4 Å². The van der Waals surface area contributed by atoms with Gasteiger partial charge in [0.25, 0.3) is 0 Å². The van der Waals surface area contributed by atoms with Crippen LogP contribution in [0.15, 0.2) is 54.6 Å². The van der Waals surface area contributed by atoms with Crippen molar-refractivity contribution in [2.45, 2.75) is 25.9 Å². The van der Waals surface area contributed by atoms with Crippen LogP contribution in [-0.4, -0.2) is 62.7 Å². The van der Waals surface area contributed by atoms with Crippen LogP contribution in [0.25, 0.3) is 0 Å². The van der Waals surface area contributed by atoms with E-state index in [4.69, 9.17) is 0 Å². The lowest BCUT2D eigenvalue weighted by molar-refractivity contribution is 0.107. The summed E-state index contributed by atoms with van der Waals surface area (Å²) in [6, 6.07) is 17.0. The van der Waals surface area contributed by atoms with E-state index in [0.717, 1.165) is 39.1 Å². The van der Waals surface area contributed by atoms with E-state index in [9.17, 15) is 4.39 Å². The van der Waals surface area contributed by atoms with Gasteiger partial charge >= 0.3 is 0 Å². The topological polar surface area (TPSA) is 50.1 Å². The van der Waals surface area contributed by atoms with Crippen LogP contribution in [0.4, 0.5) is 4.39 Å². The summed E-state index contributed by atoms with van der Waals surface area (Å²) in [7, 11) is 0. The molecule has 0 bridgehead atoms. The van der Waals surface area contributed by atoms with Crippen molar-refractivity contribution in [2.75, 3.05) is 32.7 Å². The highest BCUT2D eigenvalue weighted by Gasteiger charge is 2.31. The minimum absolute atomic E-state index is 0.215. The molecule has 2 heterocycles. The fourth-order valence-corrected chi connectivity index (χ4v) is 3.98. The third-order valence-corrected chi connectivity index (χ3v) is 5.68. The zero-order valence-electron chi connectivity index (χ0n) is 16.8. The van der Waals surface area contributed by atoms with Crippen LogP contribution in [0.3, 0.4) is 0 Å². The van der Waals surface area contributed by atoms with Gasteiger partial charge in [0.05, 0.1) is 0 Å². The van der Waals surface area contributed by atoms with E-state index in [-0.39, 0.29) is 11.9 Å². The van der Waals surface area contributed by atoms with Crippen LogP contribution in [0, 0.1) is 5.82 Å². The Morgan fingerprint density at radius 2 is 1.69 bits per heavy atom. The molecule has 0 N–H and O–H groups in total. The Hall–Kier alpha value is -2.64. The first-order valence-electron chi connectivity index (χ1n) is 10.3. The molecule has 0 radical (unpaired) electrons. The van der Waals surface area contributed by atoms with Crippen molar-refractivity contribution in [3.05, 3.63) is 77.4 Å². The number of hydrogen-bond acceptors (Lipinski definition) is 5. The number of hydrogen-bond donors (Lipinski definition) is 0. The molecule has 7 heteroatoms. The molecule has 0 aliphatic carbocycles. The fraction of sp³-hybridized carbons (Fsp3) is 0.409. The predicted octanol–water partition coefficient (Wildman–Crippen LogP) is 2.78. The summed E-state index contributed by atoms with van der Waals surface area (Å²) < 4.78 is 16.6. The second-order valence-corrected chi connectivity index (χ2v) is 7.39. The molecule has 2 aromatic carbocycles. The molecule has 1 aliphatic rings. The van der Waals surface area contributed by atoms with Crippen molar-refractivity contribution < 1.29 is 4.39 Å². The van der Waals surface area contributed by atoms with E-state index in [0.29, 0.717) is 17.9 Å². The average Bonchev–Trinajstić information content (AvgIpc) is 3.23. The summed E-state index contributed by atoms with van der Waals surface area (Å²) in [5.41, 5.74) is 1.86. The highest BCUT2D eigenvalue weighted by atomic mass is 19.1. The number of aromatic nitrogens is 4. The summed E-state index contributed by atoms with van der Waals surface area (Å²) in [6.45, 7) is 7.52. The summed E-state index contributed by atoms with van der Waals surface area (Å²) in [4.78, 5) is 4.71. The first-order valence-corrected chi connectivity index (χ1v) is 10.3. The van der Waals surface area contributed by atoms with Crippen molar-refractivity contribution in [2.24, 2.45) is 0 Å². The van der Waals surface area contributed by atoms with Crippen LogP contribution < -0.4 is 0 Å². The molecule has 0 spiro atoms. The summed E-state index contributed by atoms with van der Waals surface area (Å²) in [5, 5.41) is 12.5. The van der Waals surface area contributed by atoms with Gasteiger partial charge < -0.3 is 4.90 Å². The second kappa shape index (κ2) is 9.24. The molecule has 0 amide bonds. The SMILES string of the molecule is CCN1CCN([C@H](c2ccccc2F)c2nnnn2CCc2ccccc2)CC1. The predicted molar refractivity (Wildman–Crippen MR) is 110 cm³/mol. The molecule has 29 heavy (non-hydrogen) atoms. The third kappa shape index (κ3) is 4.52. The Balaban J connectivity index is 1.62. The summed E-state index contributed by atoms with van der Waals surface area (Å²) in [5.74, 6) is 0.490. The number of tetrazole rings is 1. The molecule has 1 atom stereocenters. The number of aryl methyl sites for hydroxylation is 2. The quantitative estimate of drug-likeness (QED) is 0.617. The maximum absolute atomic E-state index is 14.8. The molecule has 152 valence electrons. The number of rotatable bonds is 7. The Labute approximate surface area is 170 Å². The van der Waals surface area contributed by atoms with E-state index in [1.165, 1.54) is 11.6 Å². The van der Waals surface area contributed by atoms with Crippen molar-refractivity contribution in [1.82, 2.24) is 30.0 Å². The molecule has 6 nitrogen and oxygen atoms in total. The first-order chi connectivity index (χ1) is 14.3. The summed E-state index contributed by atoms with van der Waals surface area (Å²) >= 11 is 0. The van der Waals surface area contributed by atoms with Crippen LogP contribution in [0.1, 0.15) is 29.9 Å². The molecule has 0 saturated carbocycles. The highest BCUT2D eigenvalue weighted by molar-refractivity contribution is 5.27. The first kappa shape index (κ1) is 19.7. The minimum Gasteiger partial charge on any atom is -0.301 e. The number of likely N-dealkylation sites (N-methyl/N-ethyl adjacent to an activating group) is 1. The van der Waals surface area contributed by atoms with E-state index >= 15 is 0 Å². The van der Waals surface area contributed by atoms with Crippen LogP contribution in [0.2, 0.25) is 0 Å². The van der Waals surface area contributed by atoms with Gasteiger partial charge in [0.1, 0.15) is 11.9 Å². The van der Waals surface area contributed by atoms with Crippen molar-refractivity contribution in [3.63, 3.8) is 0 Å². The smallest absolute Gasteiger partial charge is 0.173 e. The van der Waals surface area contributed by atoms with Gasteiger partial charge in [0, 0.05) is 38.3 Å². The molecule has 0 unspecified atom stereocenters. The molecule has 1 aliphatic heterocycles. The molecule has 3 aromatic rings. The van der Waals surface area contributed by atoms with Crippen LogP contribution >= 0.6 is 0 Å². The largest absolute Gasteiger partial charge is 0.301 e. The van der Waals surface area contributed by atoms with Gasteiger partial charge in [-0.15, -0.1) is 5.10 Å². The van der Waals surface area contributed by atoms with Crippen molar-refractivity contribution in [3.8, 4) is 0 Å². The maximum Gasteiger partial charge on any atom is 0.173 e. The van der Waals surface area contributed by atoms with Gasteiger partial charge in [-0.05, 0) is 35.0 Å². The zero-order valence-corrected chi connectivity index (χ0v) is 16.8. The van der Waals surface area contributed by atoms with Gasteiger partial charge in [-0.3, -0.25) is 4.90 Å². The standard InChI is InChI=1S/C22H27FN6/c1-2-27-14-16-28(17-15-27)21(19-10-6-7-11-20(19)23)22-24-25-26-29(22)13-12-18-8-4-3-5-9-18/h3-11,21H,2,12-17H2,1H3/t21-/m1/s1. The van der Waals surface area contributed by atoms with Crippen LogP contribution in [-0.2, 0) is 13.0 Å². The van der Waals surface area contributed by atoms with Gasteiger partial charge in [0.2, 0.25) is 0 Å². The number of nitrogens with zero attached hydrogens (tertiary/aromatic N) is 6. The Bertz CT molecular complexity index is 904. The van der Waals surface area contributed by atoms with Gasteiger partial charge in [0.15, 0.2) is 5.82 Å². The Morgan fingerprint density at radius 3 is 2.41 bits per heavy atom. The van der Waals surface area contributed by atoms with Crippen molar-refractivity contribution >= 4 is 0 Å². The van der Waals surface area contributed by atoms with Crippen molar-refractivity contribution in [1.29, 1.82) is 0 Å². The number of halogens is 1. The van der Waals surface area contributed by atoms with E-state index in [1.807, 2.05) is 35.0 Å². The summed E-state index contributed by atoms with van der Waals surface area (Å²) in [6.07, 6.45) is 0.826. The highest BCUT2D eigenvalue weighted by Crippen LogP contribution is 2.30. The van der Waals surface area contributed by atoms with Crippen LogP contribution in [0.5, 0.6) is 0 Å². The fourth-order valence-electron chi connectivity index (χ4n) is 3.98. The second-order valence-electron chi connectivity index (χ2n) is 7.39. The van der Waals surface area contributed by atoms with Gasteiger partial charge in [-0.25, -0.2) is 9.07 Å². The normalized spacial score (nSPS) is 16.8. The molecule has 1 aromatic heterocycles. The Morgan fingerprint density at radius 1 is 0.966 bits per heavy atom.